The van der Waals surface area contributed by atoms with Crippen LogP contribution in [0.1, 0.15) is 24.6 Å². The molecule has 0 fully saturated rings. The first-order valence-corrected chi connectivity index (χ1v) is 5.98. The molecule has 0 amide bonds. The lowest BCUT2D eigenvalue weighted by Crippen LogP contribution is -2.04. The van der Waals surface area contributed by atoms with Crippen LogP contribution in [0.2, 0.25) is 0 Å². The lowest BCUT2D eigenvalue weighted by Gasteiger charge is -2.10. The molecular weight excluding hydrogens is 228 g/mol. The number of ether oxygens (including phenoxy) is 1. The highest BCUT2D eigenvalue weighted by Gasteiger charge is 2.08. The minimum absolute atomic E-state index is 0.571. The Morgan fingerprint density at radius 3 is 2.72 bits per heavy atom. The summed E-state index contributed by atoms with van der Waals surface area (Å²) in [6, 6.07) is 9.65. The molecule has 1 N–H and O–H groups in total. The highest BCUT2D eigenvalue weighted by Crippen LogP contribution is 2.15. The molecule has 1 atom stereocenters. The molecule has 0 saturated heterocycles. The van der Waals surface area contributed by atoms with Crippen molar-refractivity contribution in [2.24, 2.45) is 0 Å². The van der Waals surface area contributed by atoms with Crippen molar-refractivity contribution in [2.75, 3.05) is 6.61 Å². The zero-order valence-electron chi connectivity index (χ0n) is 10.1. The second-order valence-electron chi connectivity index (χ2n) is 3.95. The van der Waals surface area contributed by atoms with Gasteiger partial charge in [-0.15, -0.1) is 0 Å². The quantitative estimate of drug-likeness (QED) is 0.793. The third-order valence-electron chi connectivity index (χ3n) is 2.56. The molecule has 94 valence electrons. The zero-order valence-corrected chi connectivity index (χ0v) is 10.1. The number of para-hydroxylation sites is 1. The molecule has 0 aliphatic heterocycles. The van der Waals surface area contributed by atoms with Crippen LogP contribution in [0.15, 0.2) is 48.9 Å². The number of benzene rings is 1. The van der Waals surface area contributed by atoms with Crippen LogP contribution in [0.5, 0.6) is 5.75 Å². The zero-order chi connectivity index (χ0) is 12.6. The van der Waals surface area contributed by atoms with E-state index < -0.39 is 6.10 Å². The summed E-state index contributed by atoms with van der Waals surface area (Å²) in [5.74, 6) is 0.853. The first-order chi connectivity index (χ1) is 8.86. The lowest BCUT2D eigenvalue weighted by molar-refractivity contribution is 0.150. The van der Waals surface area contributed by atoms with Crippen molar-refractivity contribution in [2.45, 2.75) is 18.9 Å². The SMILES string of the molecule is OC(CCCOc1ccccc1)c1cnccn1. The average Bonchev–Trinajstić information content (AvgIpc) is 2.45. The van der Waals surface area contributed by atoms with Crippen LogP contribution in [0.4, 0.5) is 0 Å². The first kappa shape index (κ1) is 12.5. The van der Waals surface area contributed by atoms with Gasteiger partial charge in [0.1, 0.15) is 5.75 Å². The molecule has 0 aliphatic carbocycles. The third-order valence-corrected chi connectivity index (χ3v) is 2.56. The van der Waals surface area contributed by atoms with Gasteiger partial charge in [0, 0.05) is 12.4 Å². The van der Waals surface area contributed by atoms with Crippen LogP contribution >= 0.6 is 0 Å². The summed E-state index contributed by atoms with van der Waals surface area (Å²) in [6.45, 7) is 0.585. The van der Waals surface area contributed by atoms with Gasteiger partial charge in [-0.2, -0.15) is 0 Å². The molecule has 4 nitrogen and oxygen atoms in total. The van der Waals surface area contributed by atoms with Crippen molar-refractivity contribution in [1.82, 2.24) is 9.97 Å². The van der Waals surface area contributed by atoms with Crippen molar-refractivity contribution in [3.05, 3.63) is 54.6 Å². The Kier molecular flexibility index (Phi) is 4.67. The predicted octanol–water partition coefficient (Wildman–Crippen LogP) is 2.37. The maximum Gasteiger partial charge on any atom is 0.119 e. The fraction of sp³-hybridized carbons (Fsp3) is 0.286. The van der Waals surface area contributed by atoms with Gasteiger partial charge in [-0.25, -0.2) is 0 Å². The molecule has 2 rings (SSSR count). The molecular formula is C14H16N2O2. The second kappa shape index (κ2) is 6.71. The highest BCUT2D eigenvalue weighted by atomic mass is 16.5. The van der Waals surface area contributed by atoms with E-state index in [4.69, 9.17) is 4.74 Å². The van der Waals surface area contributed by atoms with Crippen molar-refractivity contribution >= 4 is 0 Å². The Bertz CT molecular complexity index is 448. The van der Waals surface area contributed by atoms with E-state index in [1.807, 2.05) is 30.3 Å². The monoisotopic (exact) mass is 244 g/mol. The van der Waals surface area contributed by atoms with E-state index in [9.17, 15) is 5.11 Å². The smallest absolute Gasteiger partial charge is 0.119 e. The maximum absolute atomic E-state index is 9.86. The van der Waals surface area contributed by atoms with E-state index in [1.165, 1.54) is 0 Å². The molecule has 0 saturated carbocycles. The van der Waals surface area contributed by atoms with Crippen molar-refractivity contribution in [3.63, 3.8) is 0 Å². The van der Waals surface area contributed by atoms with E-state index in [-0.39, 0.29) is 0 Å². The topological polar surface area (TPSA) is 55.2 Å². The molecule has 1 unspecified atom stereocenters. The summed E-state index contributed by atoms with van der Waals surface area (Å²) in [4.78, 5) is 7.99. The first-order valence-electron chi connectivity index (χ1n) is 5.98. The Hall–Kier alpha value is -1.94. The standard InChI is InChI=1S/C14H16N2O2/c17-14(13-11-15-8-9-16-13)7-4-10-18-12-5-2-1-3-6-12/h1-3,5-6,8-9,11,14,17H,4,7,10H2. The van der Waals surface area contributed by atoms with Crippen LogP contribution in [-0.4, -0.2) is 21.7 Å². The normalized spacial score (nSPS) is 12.1. The van der Waals surface area contributed by atoms with Crippen LogP contribution in [0.25, 0.3) is 0 Å². The van der Waals surface area contributed by atoms with Crippen LogP contribution < -0.4 is 4.74 Å². The van der Waals surface area contributed by atoms with Crippen LogP contribution in [0, 0.1) is 0 Å². The fourth-order valence-electron chi connectivity index (χ4n) is 1.61. The van der Waals surface area contributed by atoms with Crippen molar-refractivity contribution in [1.29, 1.82) is 0 Å². The number of aliphatic hydroxyl groups is 1. The highest BCUT2D eigenvalue weighted by molar-refractivity contribution is 5.20. The molecule has 0 aliphatic rings. The third kappa shape index (κ3) is 3.82. The summed E-state index contributed by atoms with van der Waals surface area (Å²) >= 11 is 0. The second-order valence-corrected chi connectivity index (χ2v) is 3.95. The summed E-state index contributed by atoms with van der Waals surface area (Å²) in [6.07, 6.45) is 5.58. The van der Waals surface area contributed by atoms with Gasteiger partial charge in [0.2, 0.25) is 0 Å². The Balaban J connectivity index is 1.70. The number of nitrogens with zero attached hydrogens (tertiary/aromatic N) is 2. The van der Waals surface area contributed by atoms with E-state index >= 15 is 0 Å². The summed E-state index contributed by atoms with van der Waals surface area (Å²) in [5.41, 5.74) is 0.609. The largest absolute Gasteiger partial charge is 0.494 e. The molecule has 1 aromatic heterocycles. The van der Waals surface area contributed by atoms with Gasteiger partial charge in [-0.05, 0) is 25.0 Å². The molecule has 1 aromatic carbocycles. The Morgan fingerprint density at radius 1 is 1.17 bits per heavy atom. The van der Waals surface area contributed by atoms with Crippen LogP contribution in [0.3, 0.4) is 0 Å². The number of rotatable bonds is 6. The average molecular weight is 244 g/mol. The number of hydrogen-bond donors (Lipinski definition) is 1. The van der Waals surface area contributed by atoms with Crippen molar-refractivity contribution in [3.8, 4) is 5.75 Å². The summed E-state index contributed by atoms with van der Waals surface area (Å²) in [5, 5.41) is 9.86. The Labute approximate surface area is 106 Å². The van der Waals surface area contributed by atoms with Gasteiger partial charge in [-0.1, -0.05) is 18.2 Å². The van der Waals surface area contributed by atoms with Gasteiger partial charge in [0.15, 0.2) is 0 Å². The number of aromatic nitrogens is 2. The fourth-order valence-corrected chi connectivity index (χ4v) is 1.61. The maximum atomic E-state index is 9.86. The van der Waals surface area contributed by atoms with Gasteiger partial charge in [0.05, 0.1) is 24.6 Å². The lowest BCUT2D eigenvalue weighted by atomic mass is 10.1. The Morgan fingerprint density at radius 2 is 2.00 bits per heavy atom. The predicted molar refractivity (Wildman–Crippen MR) is 68.2 cm³/mol. The molecule has 1 heterocycles. The molecule has 0 spiro atoms. The molecule has 0 bridgehead atoms. The van der Waals surface area contributed by atoms with E-state index in [0.29, 0.717) is 18.7 Å². The molecule has 2 aromatic rings. The summed E-state index contributed by atoms with van der Waals surface area (Å²) < 4.78 is 5.55. The minimum atomic E-state index is -0.571. The van der Waals surface area contributed by atoms with Gasteiger partial charge < -0.3 is 9.84 Å². The van der Waals surface area contributed by atoms with E-state index in [2.05, 4.69) is 9.97 Å². The van der Waals surface area contributed by atoms with Crippen molar-refractivity contribution < 1.29 is 9.84 Å². The number of aliphatic hydroxyl groups excluding tert-OH is 1. The van der Waals surface area contributed by atoms with Gasteiger partial charge >= 0.3 is 0 Å². The number of hydrogen-bond acceptors (Lipinski definition) is 4. The molecule has 0 radical (unpaired) electrons. The van der Waals surface area contributed by atoms with E-state index in [1.54, 1.807) is 18.6 Å². The van der Waals surface area contributed by atoms with E-state index in [0.717, 1.165) is 12.2 Å². The summed E-state index contributed by atoms with van der Waals surface area (Å²) in [7, 11) is 0. The van der Waals surface area contributed by atoms with Crippen LogP contribution in [-0.2, 0) is 0 Å². The molecule has 4 heteroatoms. The molecule has 18 heavy (non-hydrogen) atoms. The van der Waals surface area contributed by atoms with Gasteiger partial charge in [-0.3, -0.25) is 9.97 Å². The minimum Gasteiger partial charge on any atom is -0.494 e. The van der Waals surface area contributed by atoms with Gasteiger partial charge in [0.25, 0.3) is 0 Å².